The highest BCUT2D eigenvalue weighted by Crippen LogP contribution is 2.25. The fourth-order valence-electron chi connectivity index (χ4n) is 1.71. The second-order valence-corrected chi connectivity index (χ2v) is 5.86. The molecule has 0 amide bonds. The first-order valence-electron chi connectivity index (χ1n) is 5.94. The molecule has 2 rings (SSSR count). The average molecular weight is 403 g/mol. The second-order valence-electron chi connectivity index (χ2n) is 4.21. The maximum Gasteiger partial charge on any atom is 0.345 e. The third-order valence-electron chi connectivity index (χ3n) is 2.72. The minimum absolute atomic E-state index is 0.289. The summed E-state index contributed by atoms with van der Waals surface area (Å²) in [5.41, 5.74) is 0.907. The van der Waals surface area contributed by atoms with E-state index in [9.17, 15) is 9.90 Å². The minimum Gasteiger partial charge on any atom is -0.478 e. The van der Waals surface area contributed by atoms with Gasteiger partial charge in [-0.15, -0.1) is 0 Å². The number of halogens is 2. The van der Waals surface area contributed by atoms with Crippen molar-refractivity contribution in [2.24, 2.45) is 0 Å². The average Bonchev–Trinajstić information content (AvgIpc) is 2.42. The van der Waals surface area contributed by atoms with Crippen LogP contribution in [0.2, 0.25) is 5.02 Å². The topological polar surface area (TPSA) is 46.5 Å². The summed E-state index contributed by atoms with van der Waals surface area (Å²) in [7, 11) is 0. The molecule has 0 aliphatic rings. The lowest BCUT2D eigenvalue weighted by atomic mass is 10.1. The zero-order chi connectivity index (χ0) is 14.5. The normalized spacial score (nSPS) is 11.9. The number of carboxylic acids is 1. The third-order valence-corrected chi connectivity index (χ3v) is 3.75. The number of ether oxygens (including phenoxy) is 1. The largest absolute Gasteiger partial charge is 0.478 e. The molecule has 0 fully saturated rings. The lowest BCUT2D eigenvalue weighted by Gasteiger charge is -2.16. The van der Waals surface area contributed by atoms with Crippen LogP contribution in [0.5, 0.6) is 5.75 Å². The summed E-state index contributed by atoms with van der Waals surface area (Å²) < 4.78 is 6.61. The van der Waals surface area contributed by atoms with Gasteiger partial charge in [-0.3, -0.25) is 0 Å². The van der Waals surface area contributed by atoms with Crippen LogP contribution in [0.3, 0.4) is 0 Å². The van der Waals surface area contributed by atoms with Crippen molar-refractivity contribution in [3.8, 4) is 5.75 Å². The first kappa shape index (κ1) is 15.1. The summed E-state index contributed by atoms with van der Waals surface area (Å²) in [5.74, 6) is -0.629. The molecule has 0 aliphatic carbocycles. The minimum atomic E-state index is -1.01. The second kappa shape index (κ2) is 6.95. The number of hydrogen-bond donors (Lipinski definition) is 1. The predicted octanol–water partition coefficient (Wildman–Crippen LogP) is 4.02. The highest BCUT2D eigenvalue weighted by molar-refractivity contribution is 14.1. The highest BCUT2D eigenvalue weighted by Gasteiger charge is 2.21. The van der Waals surface area contributed by atoms with Crippen molar-refractivity contribution in [2.75, 3.05) is 0 Å². The summed E-state index contributed by atoms with van der Waals surface area (Å²) in [4.78, 5) is 11.3. The van der Waals surface area contributed by atoms with Crippen LogP contribution in [0.15, 0.2) is 48.5 Å². The van der Waals surface area contributed by atoms with E-state index in [-0.39, 0.29) is 6.42 Å². The van der Waals surface area contributed by atoms with E-state index in [1.807, 2.05) is 24.3 Å². The fraction of sp³-hybridized carbons (Fsp3) is 0.133. The Labute approximate surface area is 135 Å². The summed E-state index contributed by atoms with van der Waals surface area (Å²) in [6, 6.07) is 14.5. The molecule has 20 heavy (non-hydrogen) atoms. The van der Waals surface area contributed by atoms with Crippen LogP contribution in [-0.2, 0) is 11.2 Å². The van der Waals surface area contributed by atoms with Crippen molar-refractivity contribution in [1.82, 2.24) is 0 Å². The van der Waals surface area contributed by atoms with E-state index in [1.54, 1.807) is 24.3 Å². The van der Waals surface area contributed by atoms with Gasteiger partial charge in [0.2, 0.25) is 0 Å². The monoisotopic (exact) mass is 402 g/mol. The van der Waals surface area contributed by atoms with E-state index in [4.69, 9.17) is 16.3 Å². The van der Waals surface area contributed by atoms with Crippen molar-refractivity contribution >= 4 is 40.2 Å². The zero-order valence-electron chi connectivity index (χ0n) is 10.4. The van der Waals surface area contributed by atoms with E-state index in [0.29, 0.717) is 10.8 Å². The molecule has 0 aliphatic heterocycles. The Bertz CT molecular complexity index is 598. The molecule has 5 heteroatoms. The number of rotatable bonds is 5. The van der Waals surface area contributed by atoms with Gasteiger partial charge in [0.25, 0.3) is 0 Å². The van der Waals surface area contributed by atoms with Gasteiger partial charge in [0.1, 0.15) is 5.75 Å². The predicted molar refractivity (Wildman–Crippen MR) is 86.4 cm³/mol. The Morgan fingerprint density at radius 3 is 2.45 bits per heavy atom. The number of hydrogen-bond acceptors (Lipinski definition) is 2. The van der Waals surface area contributed by atoms with Gasteiger partial charge in [-0.2, -0.15) is 0 Å². The van der Waals surface area contributed by atoms with Gasteiger partial charge in [-0.25, -0.2) is 4.79 Å². The van der Waals surface area contributed by atoms with Gasteiger partial charge in [-0.05, 0) is 52.4 Å². The first-order valence-corrected chi connectivity index (χ1v) is 7.40. The Hall–Kier alpha value is -1.27. The van der Waals surface area contributed by atoms with Gasteiger partial charge in [0, 0.05) is 9.99 Å². The molecular formula is C15H12ClIO3. The van der Waals surface area contributed by atoms with Gasteiger partial charge in [-0.1, -0.05) is 35.9 Å². The van der Waals surface area contributed by atoms with Gasteiger partial charge in [0.05, 0.1) is 5.02 Å². The molecule has 1 unspecified atom stereocenters. The van der Waals surface area contributed by atoms with Crippen LogP contribution >= 0.6 is 34.2 Å². The fourth-order valence-corrected chi connectivity index (χ4v) is 2.25. The number of carbonyl (C=O) groups is 1. The Morgan fingerprint density at radius 2 is 1.85 bits per heavy atom. The quantitative estimate of drug-likeness (QED) is 0.769. The van der Waals surface area contributed by atoms with Crippen LogP contribution in [0, 0.1) is 3.57 Å². The van der Waals surface area contributed by atoms with Crippen molar-refractivity contribution in [2.45, 2.75) is 12.5 Å². The molecule has 104 valence electrons. The van der Waals surface area contributed by atoms with E-state index in [1.165, 1.54) is 0 Å². The maximum absolute atomic E-state index is 11.3. The number of carboxylic acid groups (broad SMARTS) is 1. The Morgan fingerprint density at radius 1 is 1.20 bits per heavy atom. The molecule has 0 saturated heterocycles. The van der Waals surface area contributed by atoms with Crippen molar-refractivity contribution < 1.29 is 14.6 Å². The lowest BCUT2D eigenvalue weighted by Crippen LogP contribution is -2.29. The molecule has 2 aromatic carbocycles. The summed E-state index contributed by atoms with van der Waals surface area (Å²) in [5, 5.41) is 9.68. The van der Waals surface area contributed by atoms with Crippen LogP contribution in [0.1, 0.15) is 5.56 Å². The summed E-state index contributed by atoms with van der Waals surface area (Å²) in [6.07, 6.45) is -0.674. The van der Waals surface area contributed by atoms with Crippen LogP contribution in [0.25, 0.3) is 0 Å². The van der Waals surface area contributed by atoms with Crippen molar-refractivity contribution in [3.63, 3.8) is 0 Å². The summed E-state index contributed by atoms with van der Waals surface area (Å²) in [6.45, 7) is 0. The molecule has 0 spiro atoms. The molecule has 0 aromatic heterocycles. The highest BCUT2D eigenvalue weighted by atomic mass is 127. The van der Waals surface area contributed by atoms with Crippen LogP contribution < -0.4 is 4.74 Å². The molecule has 0 saturated carbocycles. The molecule has 1 atom stereocenters. The van der Waals surface area contributed by atoms with Crippen LogP contribution in [-0.4, -0.2) is 17.2 Å². The Kier molecular flexibility index (Phi) is 5.25. The standard InChI is InChI=1S/C15H12ClIO3/c16-12-3-1-2-4-13(12)20-14(15(18)19)9-10-5-7-11(17)8-6-10/h1-8,14H,9H2,(H,18,19). The Balaban J connectivity index is 2.14. The molecular weight excluding hydrogens is 391 g/mol. The molecule has 0 bridgehead atoms. The van der Waals surface area contributed by atoms with Gasteiger partial charge < -0.3 is 9.84 Å². The van der Waals surface area contributed by atoms with Gasteiger partial charge >= 0.3 is 5.97 Å². The van der Waals surface area contributed by atoms with Gasteiger partial charge in [0.15, 0.2) is 6.10 Å². The number of benzene rings is 2. The number of aliphatic carboxylic acids is 1. The molecule has 1 N–H and O–H groups in total. The lowest BCUT2D eigenvalue weighted by molar-refractivity contribution is -0.145. The molecule has 0 radical (unpaired) electrons. The maximum atomic E-state index is 11.3. The first-order chi connectivity index (χ1) is 9.56. The van der Waals surface area contributed by atoms with E-state index in [0.717, 1.165) is 9.13 Å². The van der Waals surface area contributed by atoms with E-state index < -0.39 is 12.1 Å². The SMILES string of the molecule is O=C(O)C(Cc1ccc(I)cc1)Oc1ccccc1Cl. The summed E-state index contributed by atoms with van der Waals surface area (Å²) >= 11 is 8.18. The zero-order valence-corrected chi connectivity index (χ0v) is 13.3. The molecule has 2 aromatic rings. The van der Waals surface area contributed by atoms with Crippen molar-refractivity contribution in [3.05, 3.63) is 62.7 Å². The molecule has 3 nitrogen and oxygen atoms in total. The number of para-hydroxylation sites is 1. The van der Waals surface area contributed by atoms with E-state index >= 15 is 0 Å². The smallest absolute Gasteiger partial charge is 0.345 e. The van der Waals surface area contributed by atoms with Crippen LogP contribution in [0.4, 0.5) is 0 Å². The molecule has 0 heterocycles. The third kappa shape index (κ3) is 4.11. The van der Waals surface area contributed by atoms with E-state index in [2.05, 4.69) is 22.6 Å². The van der Waals surface area contributed by atoms with Crippen molar-refractivity contribution in [1.29, 1.82) is 0 Å².